The van der Waals surface area contributed by atoms with E-state index in [1.807, 2.05) is 17.0 Å². The predicted octanol–water partition coefficient (Wildman–Crippen LogP) is 2.55. The van der Waals surface area contributed by atoms with E-state index < -0.39 is 5.97 Å². The van der Waals surface area contributed by atoms with Crippen LogP contribution in [0.2, 0.25) is 0 Å². The summed E-state index contributed by atoms with van der Waals surface area (Å²) < 4.78 is 6.92. The Labute approximate surface area is 157 Å². The Hall–Kier alpha value is -3.09. The molecule has 0 unspecified atom stereocenters. The van der Waals surface area contributed by atoms with Crippen molar-refractivity contribution in [2.45, 2.75) is 25.3 Å². The highest BCUT2D eigenvalue weighted by Crippen LogP contribution is 2.27. The summed E-state index contributed by atoms with van der Waals surface area (Å²) in [4.78, 5) is 25.5. The molecule has 1 aliphatic heterocycles. The number of amides is 1. The molecule has 1 saturated heterocycles. The average molecular weight is 369 g/mol. The number of aliphatic carboxylic acids is 1. The summed E-state index contributed by atoms with van der Waals surface area (Å²) in [6.45, 7) is 5.12. The minimum Gasteiger partial charge on any atom is -0.490 e. The fourth-order valence-electron chi connectivity index (χ4n) is 3.28. The maximum absolute atomic E-state index is 12.9. The summed E-state index contributed by atoms with van der Waals surface area (Å²) in [6, 6.07) is 8.99. The Balaban J connectivity index is 1.68. The van der Waals surface area contributed by atoms with E-state index in [4.69, 9.17) is 9.84 Å². The van der Waals surface area contributed by atoms with Gasteiger partial charge in [0.1, 0.15) is 18.9 Å². The number of rotatable bonds is 7. The van der Waals surface area contributed by atoms with Crippen molar-refractivity contribution in [1.82, 2.24) is 14.7 Å². The molecular formula is C20H23N3O4. The van der Waals surface area contributed by atoms with Gasteiger partial charge in [-0.05, 0) is 37.1 Å². The van der Waals surface area contributed by atoms with Gasteiger partial charge in [0.15, 0.2) is 0 Å². The molecule has 7 heteroatoms. The number of aromatic nitrogens is 2. The van der Waals surface area contributed by atoms with Crippen molar-refractivity contribution in [3.05, 3.63) is 60.4 Å². The molecule has 0 bridgehead atoms. The Bertz CT molecular complexity index is 830. The van der Waals surface area contributed by atoms with Crippen LogP contribution in [0.25, 0.3) is 0 Å². The van der Waals surface area contributed by atoms with E-state index in [0.29, 0.717) is 31.0 Å². The van der Waals surface area contributed by atoms with Gasteiger partial charge in [0.2, 0.25) is 0 Å². The summed E-state index contributed by atoms with van der Waals surface area (Å²) in [5.74, 6) is -0.211. The Kier molecular flexibility index (Phi) is 5.90. The van der Waals surface area contributed by atoms with E-state index in [2.05, 4.69) is 11.7 Å². The lowest BCUT2D eigenvalue weighted by Gasteiger charge is -2.32. The van der Waals surface area contributed by atoms with Crippen LogP contribution in [0.3, 0.4) is 0 Å². The van der Waals surface area contributed by atoms with Crippen LogP contribution in [0.15, 0.2) is 49.2 Å². The fourth-order valence-corrected chi connectivity index (χ4v) is 3.28. The van der Waals surface area contributed by atoms with Gasteiger partial charge in [0.05, 0.1) is 5.69 Å². The highest BCUT2D eigenvalue weighted by molar-refractivity contribution is 5.94. The van der Waals surface area contributed by atoms with E-state index in [1.165, 1.54) is 4.68 Å². The Morgan fingerprint density at radius 3 is 3.00 bits per heavy atom. The van der Waals surface area contributed by atoms with Crippen LogP contribution in [0.1, 0.15) is 34.8 Å². The normalized spacial score (nSPS) is 16.7. The van der Waals surface area contributed by atoms with Crippen molar-refractivity contribution in [2.75, 3.05) is 19.7 Å². The third kappa shape index (κ3) is 4.75. The number of ether oxygens (including phenoxy) is 1. The molecule has 0 radical (unpaired) electrons. The van der Waals surface area contributed by atoms with Crippen LogP contribution in [0, 0.1) is 0 Å². The number of likely N-dealkylation sites (tertiary alicyclic amines) is 1. The molecule has 1 amide bonds. The first kappa shape index (κ1) is 18.7. The van der Waals surface area contributed by atoms with Crippen molar-refractivity contribution < 1.29 is 19.4 Å². The molecule has 0 spiro atoms. The molecule has 27 heavy (non-hydrogen) atoms. The first-order valence-corrected chi connectivity index (χ1v) is 8.95. The van der Waals surface area contributed by atoms with Gasteiger partial charge >= 0.3 is 5.97 Å². The lowest BCUT2D eigenvalue weighted by molar-refractivity contribution is -0.137. The average Bonchev–Trinajstić information content (AvgIpc) is 3.14. The van der Waals surface area contributed by atoms with Crippen molar-refractivity contribution in [1.29, 1.82) is 0 Å². The summed E-state index contributed by atoms with van der Waals surface area (Å²) in [5, 5.41) is 13.2. The van der Waals surface area contributed by atoms with Crippen molar-refractivity contribution in [3.8, 4) is 5.75 Å². The summed E-state index contributed by atoms with van der Waals surface area (Å²) in [5.41, 5.74) is 1.42. The van der Waals surface area contributed by atoms with Gasteiger partial charge in [-0.2, -0.15) is 5.10 Å². The van der Waals surface area contributed by atoms with Gasteiger partial charge < -0.3 is 14.7 Å². The predicted molar refractivity (Wildman–Crippen MR) is 99.9 cm³/mol. The molecule has 1 N–H and O–H groups in total. The molecule has 3 rings (SSSR count). The fraction of sp³-hybridized carbons (Fsp3) is 0.350. The zero-order valence-corrected chi connectivity index (χ0v) is 15.1. The number of benzene rings is 1. The lowest BCUT2D eigenvalue weighted by Crippen LogP contribution is -2.39. The topological polar surface area (TPSA) is 84.7 Å². The molecule has 2 aromatic rings. The monoisotopic (exact) mass is 369 g/mol. The van der Waals surface area contributed by atoms with E-state index in [9.17, 15) is 9.59 Å². The van der Waals surface area contributed by atoms with E-state index >= 15 is 0 Å². The van der Waals surface area contributed by atoms with Gasteiger partial charge in [-0.3, -0.25) is 14.3 Å². The number of hydrogen-bond donors (Lipinski definition) is 1. The number of carboxylic acids is 1. The molecule has 1 fully saturated rings. The number of carbonyl (C=O) groups excluding carboxylic acids is 1. The van der Waals surface area contributed by atoms with Gasteiger partial charge in [0, 0.05) is 30.8 Å². The van der Waals surface area contributed by atoms with Crippen LogP contribution in [-0.2, 0) is 11.3 Å². The molecule has 1 aliphatic rings. The molecule has 2 heterocycles. The largest absolute Gasteiger partial charge is 0.490 e. The zero-order chi connectivity index (χ0) is 19.2. The molecule has 1 aromatic heterocycles. The lowest BCUT2D eigenvalue weighted by atomic mass is 9.94. The van der Waals surface area contributed by atoms with Crippen molar-refractivity contribution in [3.63, 3.8) is 0 Å². The van der Waals surface area contributed by atoms with Crippen LogP contribution >= 0.6 is 0 Å². The maximum Gasteiger partial charge on any atom is 0.325 e. The SMILES string of the molecule is C=CCOc1cccc(C(=O)N2CCC[C@@H](c3ccn(CC(=O)O)n3)C2)c1. The van der Waals surface area contributed by atoms with Gasteiger partial charge in [-0.25, -0.2) is 0 Å². The summed E-state index contributed by atoms with van der Waals surface area (Å²) >= 11 is 0. The first-order chi connectivity index (χ1) is 13.1. The van der Waals surface area contributed by atoms with Crippen LogP contribution < -0.4 is 4.74 Å². The van der Waals surface area contributed by atoms with Gasteiger partial charge in [0.25, 0.3) is 5.91 Å². The molecule has 1 aromatic carbocycles. The quantitative estimate of drug-likeness (QED) is 0.758. The molecule has 1 atom stereocenters. The summed E-state index contributed by atoms with van der Waals surface area (Å²) in [6.07, 6.45) is 5.14. The molecule has 7 nitrogen and oxygen atoms in total. The number of nitrogens with zero attached hydrogens (tertiary/aromatic N) is 3. The first-order valence-electron chi connectivity index (χ1n) is 8.95. The summed E-state index contributed by atoms with van der Waals surface area (Å²) in [7, 11) is 0. The minimum atomic E-state index is -0.927. The molecule has 0 saturated carbocycles. The minimum absolute atomic E-state index is 0.0336. The number of carbonyl (C=O) groups is 2. The van der Waals surface area contributed by atoms with E-state index in [0.717, 1.165) is 18.5 Å². The molecular weight excluding hydrogens is 346 g/mol. The van der Waals surface area contributed by atoms with E-state index in [-0.39, 0.29) is 18.4 Å². The smallest absolute Gasteiger partial charge is 0.325 e. The highest BCUT2D eigenvalue weighted by Gasteiger charge is 2.27. The van der Waals surface area contributed by atoms with Crippen LogP contribution in [-0.4, -0.2) is 51.4 Å². The van der Waals surface area contributed by atoms with Crippen molar-refractivity contribution >= 4 is 11.9 Å². The number of hydrogen-bond acceptors (Lipinski definition) is 4. The maximum atomic E-state index is 12.9. The second-order valence-corrected chi connectivity index (χ2v) is 6.55. The van der Waals surface area contributed by atoms with Crippen LogP contribution in [0.5, 0.6) is 5.75 Å². The molecule has 0 aliphatic carbocycles. The van der Waals surface area contributed by atoms with Crippen LogP contribution in [0.4, 0.5) is 0 Å². The molecule has 142 valence electrons. The second kappa shape index (κ2) is 8.53. The van der Waals surface area contributed by atoms with Gasteiger partial charge in [-0.1, -0.05) is 18.7 Å². The standard InChI is InChI=1S/C20H23N3O4/c1-2-11-27-17-7-3-5-15(12-17)20(26)22-9-4-6-16(13-22)18-8-10-23(21-18)14-19(24)25/h2-3,5,7-8,10,12,16H,1,4,6,9,11,13-14H2,(H,24,25)/t16-/m1/s1. The van der Waals surface area contributed by atoms with Crippen molar-refractivity contribution in [2.24, 2.45) is 0 Å². The van der Waals surface area contributed by atoms with Gasteiger partial charge in [-0.15, -0.1) is 0 Å². The number of piperidine rings is 1. The Morgan fingerprint density at radius 2 is 2.22 bits per heavy atom. The second-order valence-electron chi connectivity index (χ2n) is 6.55. The zero-order valence-electron chi connectivity index (χ0n) is 15.1. The number of carboxylic acid groups (broad SMARTS) is 1. The highest BCUT2D eigenvalue weighted by atomic mass is 16.5. The third-order valence-corrected chi connectivity index (χ3v) is 4.53. The Morgan fingerprint density at radius 1 is 1.37 bits per heavy atom. The third-order valence-electron chi connectivity index (χ3n) is 4.53. The van der Waals surface area contributed by atoms with E-state index in [1.54, 1.807) is 30.5 Å².